The van der Waals surface area contributed by atoms with Gasteiger partial charge in [0.1, 0.15) is 5.82 Å². The number of amides is 1. The Morgan fingerprint density at radius 1 is 1.35 bits per heavy atom. The first-order valence-corrected chi connectivity index (χ1v) is 7.12. The van der Waals surface area contributed by atoms with Crippen LogP contribution in [-0.2, 0) is 0 Å². The summed E-state index contributed by atoms with van der Waals surface area (Å²) in [5, 5.41) is 6.09. The van der Waals surface area contributed by atoms with Gasteiger partial charge in [-0.25, -0.2) is 4.39 Å². The zero-order valence-corrected chi connectivity index (χ0v) is 13.4. The van der Waals surface area contributed by atoms with Crippen LogP contribution in [0.3, 0.4) is 0 Å². The van der Waals surface area contributed by atoms with Crippen molar-refractivity contribution in [1.29, 1.82) is 0 Å². The van der Waals surface area contributed by atoms with Crippen LogP contribution in [0.5, 0.6) is 0 Å². The molecule has 1 aliphatic rings. The monoisotopic (exact) mass is 365 g/mol. The molecule has 2 N–H and O–H groups in total. The fourth-order valence-corrected chi connectivity index (χ4v) is 2.51. The number of nitrogens with zero attached hydrogens (tertiary/aromatic N) is 1. The topological polar surface area (TPSA) is 44.4 Å². The van der Waals surface area contributed by atoms with Crippen LogP contribution in [0.15, 0.2) is 22.7 Å². The lowest BCUT2D eigenvalue weighted by atomic mass is 10.2. The lowest BCUT2D eigenvalue weighted by Crippen LogP contribution is -2.46. The van der Waals surface area contributed by atoms with Crippen LogP contribution in [0.2, 0.25) is 0 Å². The highest BCUT2D eigenvalue weighted by atomic mass is 79.9. The Bertz CT molecular complexity index is 435. The Labute approximate surface area is 132 Å². The molecule has 7 heteroatoms. The molecule has 0 unspecified atom stereocenters. The smallest absolute Gasteiger partial charge is 0.251 e. The van der Waals surface area contributed by atoms with Gasteiger partial charge in [-0.2, -0.15) is 0 Å². The Morgan fingerprint density at radius 2 is 2.05 bits per heavy atom. The van der Waals surface area contributed by atoms with Gasteiger partial charge >= 0.3 is 0 Å². The van der Waals surface area contributed by atoms with E-state index in [9.17, 15) is 9.18 Å². The minimum atomic E-state index is -0.415. The Morgan fingerprint density at radius 3 is 2.70 bits per heavy atom. The average Bonchev–Trinajstić information content (AvgIpc) is 2.38. The first-order valence-electron chi connectivity index (χ1n) is 6.32. The molecular formula is C13H18BrClFN3O. The van der Waals surface area contributed by atoms with Crippen molar-refractivity contribution in [2.75, 3.05) is 39.3 Å². The molecule has 4 nitrogen and oxygen atoms in total. The molecule has 1 aliphatic heterocycles. The van der Waals surface area contributed by atoms with Gasteiger partial charge in [0.05, 0.1) is 0 Å². The van der Waals surface area contributed by atoms with E-state index >= 15 is 0 Å². The lowest BCUT2D eigenvalue weighted by Gasteiger charge is -2.27. The molecule has 112 valence electrons. The van der Waals surface area contributed by atoms with E-state index in [1.165, 1.54) is 12.1 Å². The zero-order chi connectivity index (χ0) is 13.7. The molecule has 0 atom stereocenters. The summed E-state index contributed by atoms with van der Waals surface area (Å²) in [6.45, 7) is 5.38. The van der Waals surface area contributed by atoms with E-state index in [0.717, 1.165) is 32.7 Å². The van der Waals surface area contributed by atoms with Crippen LogP contribution < -0.4 is 10.6 Å². The maximum atomic E-state index is 13.2. The van der Waals surface area contributed by atoms with Crippen molar-refractivity contribution in [3.8, 4) is 0 Å². The zero-order valence-electron chi connectivity index (χ0n) is 11.0. The van der Waals surface area contributed by atoms with Crippen molar-refractivity contribution in [3.63, 3.8) is 0 Å². The van der Waals surface area contributed by atoms with Crippen molar-refractivity contribution in [3.05, 3.63) is 34.1 Å². The second kappa shape index (κ2) is 8.56. The molecule has 0 radical (unpaired) electrons. The summed E-state index contributed by atoms with van der Waals surface area (Å²) in [5.41, 5.74) is 0.340. The number of carbonyl (C=O) groups is 1. The van der Waals surface area contributed by atoms with Crippen LogP contribution in [0.25, 0.3) is 0 Å². The molecule has 1 amide bonds. The van der Waals surface area contributed by atoms with Crippen molar-refractivity contribution < 1.29 is 9.18 Å². The van der Waals surface area contributed by atoms with Crippen LogP contribution in [0.1, 0.15) is 10.4 Å². The van der Waals surface area contributed by atoms with Gasteiger partial charge in [-0.05, 0) is 18.2 Å². The van der Waals surface area contributed by atoms with E-state index in [1.54, 1.807) is 6.07 Å². The third-order valence-electron chi connectivity index (χ3n) is 3.05. The van der Waals surface area contributed by atoms with E-state index in [-0.39, 0.29) is 18.3 Å². The standard InChI is InChI=1S/C13H17BrFN3O.ClH/c14-11-7-10(8-12(15)9-11)13(19)17-3-6-18-4-1-16-2-5-18;/h7-9,16H,1-6H2,(H,17,19);1H. The van der Waals surface area contributed by atoms with Crippen LogP contribution in [0.4, 0.5) is 4.39 Å². The van der Waals surface area contributed by atoms with Crippen LogP contribution in [-0.4, -0.2) is 50.1 Å². The predicted octanol–water partition coefficient (Wildman–Crippen LogP) is 1.64. The van der Waals surface area contributed by atoms with Gasteiger partial charge in [0, 0.05) is 49.3 Å². The third-order valence-corrected chi connectivity index (χ3v) is 3.51. The van der Waals surface area contributed by atoms with Gasteiger partial charge in [0.2, 0.25) is 0 Å². The molecule has 0 saturated carbocycles. The molecule has 0 aliphatic carbocycles. The molecule has 2 rings (SSSR count). The molecule has 0 aromatic heterocycles. The van der Waals surface area contributed by atoms with Gasteiger partial charge < -0.3 is 10.6 Å². The largest absolute Gasteiger partial charge is 0.351 e. The molecule has 20 heavy (non-hydrogen) atoms. The summed E-state index contributed by atoms with van der Waals surface area (Å²) < 4.78 is 13.7. The molecule has 1 saturated heterocycles. The number of piperazine rings is 1. The van der Waals surface area contributed by atoms with Gasteiger partial charge in [0.15, 0.2) is 0 Å². The third kappa shape index (κ3) is 5.36. The van der Waals surface area contributed by atoms with Crippen molar-refractivity contribution in [2.45, 2.75) is 0 Å². The molecule has 1 aromatic carbocycles. The van der Waals surface area contributed by atoms with E-state index in [2.05, 4.69) is 31.5 Å². The van der Waals surface area contributed by atoms with Crippen molar-refractivity contribution in [2.24, 2.45) is 0 Å². The normalized spacial score (nSPS) is 15.5. The Balaban J connectivity index is 0.00000200. The predicted molar refractivity (Wildman–Crippen MR) is 83.0 cm³/mol. The fraction of sp³-hybridized carbons (Fsp3) is 0.462. The first kappa shape index (κ1) is 17.4. The van der Waals surface area contributed by atoms with E-state index in [0.29, 0.717) is 16.6 Å². The number of carbonyl (C=O) groups excluding carboxylic acids is 1. The van der Waals surface area contributed by atoms with E-state index < -0.39 is 5.82 Å². The average molecular weight is 367 g/mol. The number of nitrogens with one attached hydrogen (secondary N) is 2. The highest BCUT2D eigenvalue weighted by molar-refractivity contribution is 9.10. The second-order valence-corrected chi connectivity index (χ2v) is 5.42. The van der Waals surface area contributed by atoms with Crippen LogP contribution in [0, 0.1) is 5.82 Å². The van der Waals surface area contributed by atoms with E-state index in [1.807, 2.05) is 0 Å². The minimum Gasteiger partial charge on any atom is -0.351 e. The quantitative estimate of drug-likeness (QED) is 0.851. The summed E-state index contributed by atoms with van der Waals surface area (Å²) in [5.74, 6) is -0.656. The number of hydrogen-bond acceptors (Lipinski definition) is 3. The molecule has 1 fully saturated rings. The summed E-state index contributed by atoms with van der Waals surface area (Å²) in [6.07, 6.45) is 0. The van der Waals surface area contributed by atoms with Gasteiger partial charge in [0.25, 0.3) is 5.91 Å². The second-order valence-electron chi connectivity index (χ2n) is 4.51. The lowest BCUT2D eigenvalue weighted by molar-refractivity contribution is 0.0946. The molecular weight excluding hydrogens is 349 g/mol. The number of hydrogen-bond donors (Lipinski definition) is 2. The first-order chi connectivity index (χ1) is 9.15. The van der Waals surface area contributed by atoms with Gasteiger partial charge in [-0.15, -0.1) is 12.4 Å². The summed E-state index contributed by atoms with van der Waals surface area (Å²) in [4.78, 5) is 14.2. The summed E-state index contributed by atoms with van der Waals surface area (Å²) in [7, 11) is 0. The molecule has 0 bridgehead atoms. The maximum absolute atomic E-state index is 13.2. The fourth-order valence-electron chi connectivity index (χ4n) is 2.05. The molecule has 1 heterocycles. The SMILES string of the molecule is Cl.O=C(NCCN1CCNCC1)c1cc(F)cc(Br)c1. The number of halogens is 3. The Kier molecular flexibility index (Phi) is 7.43. The van der Waals surface area contributed by atoms with Crippen molar-refractivity contribution in [1.82, 2.24) is 15.5 Å². The van der Waals surface area contributed by atoms with Gasteiger partial charge in [-0.1, -0.05) is 15.9 Å². The highest BCUT2D eigenvalue weighted by Gasteiger charge is 2.11. The summed E-state index contributed by atoms with van der Waals surface area (Å²) >= 11 is 3.18. The molecule has 1 aromatic rings. The number of benzene rings is 1. The van der Waals surface area contributed by atoms with Crippen molar-refractivity contribution >= 4 is 34.2 Å². The van der Waals surface area contributed by atoms with Crippen LogP contribution >= 0.6 is 28.3 Å². The maximum Gasteiger partial charge on any atom is 0.251 e. The van der Waals surface area contributed by atoms with E-state index in [4.69, 9.17) is 0 Å². The minimum absolute atomic E-state index is 0. The Hall–Kier alpha value is -0.690. The van der Waals surface area contributed by atoms with Gasteiger partial charge in [-0.3, -0.25) is 9.69 Å². The summed E-state index contributed by atoms with van der Waals surface area (Å²) in [6, 6.07) is 4.19. The molecule has 0 spiro atoms. The number of rotatable bonds is 4. The highest BCUT2D eigenvalue weighted by Crippen LogP contribution is 2.14.